The highest BCUT2D eigenvalue weighted by atomic mass is 16.6. The van der Waals surface area contributed by atoms with Crippen LogP contribution in [0.4, 0.5) is 0 Å². The quantitative estimate of drug-likeness (QED) is 0.0261. The molecule has 6 nitrogen and oxygen atoms in total. The van der Waals surface area contributed by atoms with Crippen molar-refractivity contribution in [3.63, 3.8) is 0 Å². The molecule has 0 spiro atoms. The van der Waals surface area contributed by atoms with Gasteiger partial charge in [0.05, 0.1) is 0 Å². The summed E-state index contributed by atoms with van der Waals surface area (Å²) in [4.78, 5) is 38.2. The van der Waals surface area contributed by atoms with Crippen LogP contribution in [0, 0.1) is 0 Å². The Hall–Kier alpha value is -3.93. The van der Waals surface area contributed by atoms with Crippen LogP contribution >= 0.6 is 0 Å². The second-order valence-electron chi connectivity index (χ2n) is 23.0. The number of hydrogen-bond acceptors (Lipinski definition) is 6. The van der Waals surface area contributed by atoms with E-state index >= 15 is 0 Å². The first-order valence-electron chi connectivity index (χ1n) is 34.9. The zero-order chi connectivity index (χ0) is 59.2. The summed E-state index contributed by atoms with van der Waals surface area (Å²) in [7, 11) is 0. The average molecular weight is 1140 g/mol. The van der Waals surface area contributed by atoms with Gasteiger partial charge in [0, 0.05) is 19.3 Å². The molecule has 6 heteroatoms. The van der Waals surface area contributed by atoms with Crippen LogP contribution in [-0.2, 0) is 28.6 Å². The third-order valence-electron chi connectivity index (χ3n) is 15.0. The molecule has 0 fully saturated rings. The van der Waals surface area contributed by atoms with E-state index in [1.165, 1.54) is 199 Å². The lowest BCUT2D eigenvalue weighted by Gasteiger charge is -2.18. The molecule has 0 saturated heterocycles. The largest absolute Gasteiger partial charge is 0.462 e. The third-order valence-corrected chi connectivity index (χ3v) is 15.0. The molecule has 470 valence electrons. The lowest BCUT2D eigenvalue weighted by Crippen LogP contribution is -2.30. The van der Waals surface area contributed by atoms with E-state index in [4.69, 9.17) is 14.2 Å². The summed E-state index contributed by atoms with van der Waals surface area (Å²) in [6, 6.07) is 0. The first-order chi connectivity index (χ1) is 40.5. The summed E-state index contributed by atoms with van der Waals surface area (Å²) < 4.78 is 16.8. The molecule has 82 heavy (non-hydrogen) atoms. The molecule has 0 aromatic carbocycles. The Labute approximate surface area is 508 Å². The summed E-state index contributed by atoms with van der Waals surface area (Å²) >= 11 is 0. The van der Waals surface area contributed by atoms with Gasteiger partial charge in [-0.25, -0.2) is 0 Å². The third kappa shape index (κ3) is 66.9. The zero-order valence-electron chi connectivity index (χ0n) is 54.0. The van der Waals surface area contributed by atoms with Crippen LogP contribution < -0.4 is 0 Å². The molecule has 0 aliphatic carbocycles. The van der Waals surface area contributed by atoms with Gasteiger partial charge >= 0.3 is 17.9 Å². The molecule has 0 aromatic heterocycles. The maximum Gasteiger partial charge on any atom is 0.306 e. The van der Waals surface area contributed by atoms with Crippen molar-refractivity contribution in [2.24, 2.45) is 0 Å². The van der Waals surface area contributed by atoms with Gasteiger partial charge in [-0.3, -0.25) is 14.4 Å². The molecule has 1 unspecified atom stereocenters. The SMILES string of the molecule is CC/C=C\C/C=C\C/C=C\C/C=C\C/C=C\CCCC(=O)OC(COC(=O)CC/C=C\C/C=C\C/C=C\C/C=C\CC)COC(=O)CCCCCCCCCCCCCCCCCCCCCCCCCCCCCCCCCCCC. The van der Waals surface area contributed by atoms with Crippen LogP contribution in [0.5, 0.6) is 0 Å². The number of carbonyl (C=O) groups is 3. The molecular weight excluding hydrogens is 1010 g/mol. The smallest absolute Gasteiger partial charge is 0.306 e. The highest BCUT2D eigenvalue weighted by Crippen LogP contribution is 2.18. The summed E-state index contributed by atoms with van der Waals surface area (Å²) in [6.07, 6.45) is 96.0. The van der Waals surface area contributed by atoms with E-state index in [2.05, 4.69) is 118 Å². The normalized spacial score (nSPS) is 12.8. The van der Waals surface area contributed by atoms with Crippen molar-refractivity contribution < 1.29 is 28.6 Å². The predicted molar refractivity (Wildman–Crippen MR) is 357 cm³/mol. The van der Waals surface area contributed by atoms with Gasteiger partial charge in [-0.1, -0.05) is 342 Å². The molecule has 0 aliphatic heterocycles. The number of ether oxygens (including phenoxy) is 3. The Balaban J connectivity index is 4.18. The monoisotopic (exact) mass is 1140 g/mol. The molecular formula is C76H130O6. The maximum atomic E-state index is 12.9. The molecule has 0 aromatic rings. The first kappa shape index (κ1) is 78.1. The van der Waals surface area contributed by atoms with Crippen molar-refractivity contribution in [2.75, 3.05) is 13.2 Å². The minimum Gasteiger partial charge on any atom is -0.462 e. The van der Waals surface area contributed by atoms with E-state index in [9.17, 15) is 14.4 Å². The molecule has 0 radical (unpaired) electrons. The number of esters is 3. The lowest BCUT2D eigenvalue weighted by molar-refractivity contribution is -0.166. The van der Waals surface area contributed by atoms with E-state index in [0.29, 0.717) is 19.3 Å². The van der Waals surface area contributed by atoms with Crippen LogP contribution in [0.25, 0.3) is 0 Å². The van der Waals surface area contributed by atoms with Gasteiger partial charge in [-0.05, 0) is 83.5 Å². The standard InChI is InChI=1S/C76H130O6/c1-4-7-10-13-16-19-22-25-27-29-30-31-32-33-34-35-36-37-38-39-40-41-42-43-44-45-47-48-51-54-57-60-63-66-69-75(78)81-72-73(71-80-74(77)68-65-62-59-56-53-50-24-21-18-15-12-9-6-3)82-76(79)70-67-64-61-58-55-52-49-46-28-26-23-20-17-14-11-8-5-2/h8-9,11-12,17-18,20-21,26,28,49-50,52-53,58-59,61-62,73H,4-7,10,13-16,19,22-25,27,29-48,51,54-57,60,63-72H2,1-3H3/b11-8-,12-9-,20-17-,21-18-,28-26-,52-49-,53-50-,61-58-,62-59-. The van der Waals surface area contributed by atoms with E-state index < -0.39 is 6.10 Å². The fourth-order valence-corrected chi connectivity index (χ4v) is 9.91. The van der Waals surface area contributed by atoms with E-state index in [0.717, 1.165) is 83.5 Å². The molecule has 0 heterocycles. The minimum atomic E-state index is -0.838. The second kappa shape index (κ2) is 69.6. The first-order valence-corrected chi connectivity index (χ1v) is 34.9. The highest BCUT2D eigenvalue weighted by Gasteiger charge is 2.19. The van der Waals surface area contributed by atoms with Crippen molar-refractivity contribution in [3.05, 3.63) is 109 Å². The molecule has 0 amide bonds. The van der Waals surface area contributed by atoms with Crippen LogP contribution in [0.3, 0.4) is 0 Å². The van der Waals surface area contributed by atoms with Crippen molar-refractivity contribution in [1.29, 1.82) is 0 Å². The highest BCUT2D eigenvalue weighted by molar-refractivity contribution is 5.71. The van der Waals surface area contributed by atoms with Gasteiger partial charge in [0.1, 0.15) is 13.2 Å². The number of rotatable bonds is 63. The van der Waals surface area contributed by atoms with Crippen LogP contribution in [0.15, 0.2) is 109 Å². The predicted octanol–water partition coefficient (Wildman–Crippen LogP) is 24.2. The van der Waals surface area contributed by atoms with Gasteiger partial charge in [0.15, 0.2) is 6.10 Å². The van der Waals surface area contributed by atoms with E-state index in [1.54, 1.807) is 0 Å². The molecule has 0 rings (SSSR count). The number of allylic oxidation sites excluding steroid dienone is 18. The van der Waals surface area contributed by atoms with Gasteiger partial charge in [-0.15, -0.1) is 0 Å². The Kier molecular flexibility index (Phi) is 66.2. The lowest BCUT2D eigenvalue weighted by atomic mass is 10.0. The molecule has 1 atom stereocenters. The summed E-state index contributed by atoms with van der Waals surface area (Å²) in [6.45, 7) is 6.33. The topological polar surface area (TPSA) is 78.9 Å². The molecule has 0 bridgehead atoms. The van der Waals surface area contributed by atoms with Gasteiger partial charge in [-0.2, -0.15) is 0 Å². The Morgan fingerprint density at radius 1 is 0.256 bits per heavy atom. The average Bonchev–Trinajstić information content (AvgIpc) is 3.47. The van der Waals surface area contributed by atoms with E-state index in [-0.39, 0.29) is 44.0 Å². The van der Waals surface area contributed by atoms with Crippen LogP contribution in [-0.4, -0.2) is 37.2 Å². The Bertz CT molecular complexity index is 1640. The summed E-state index contributed by atoms with van der Waals surface area (Å²) in [5.41, 5.74) is 0. The summed E-state index contributed by atoms with van der Waals surface area (Å²) in [5, 5.41) is 0. The fraction of sp³-hybridized carbons (Fsp3) is 0.724. The maximum absolute atomic E-state index is 12.9. The van der Waals surface area contributed by atoms with Crippen molar-refractivity contribution in [3.8, 4) is 0 Å². The zero-order valence-corrected chi connectivity index (χ0v) is 54.0. The Morgan fingerprint density at radius 2 is 0.500 bits per heavy atom. The second-order valence-corrected chi connectivity index (χ2v) is 23.0. The van der Waals surface area contributed by atoms with Gasteiger partial charge in [0.2, 0.25) is 0 Å². The number of hydrogen-bond donors (Lipinski definition) is 0. The molecule has 0 aliphatic rings. The minimum absolute atomic E-state index is 0.122. The van der Waals surface area contributed by atoms with Crippen molar-refractivity contribution >= 4 is 17.9 Å². The summed E-state index contributed by atoms with van der Waals surface area (Å²) in [5.74, 6) is -1.06. The fourth-order valence-electron chi connectivity index (χ4n) is 9.91. The van der Waals surface area contributed by atoms with E-state index in [1.807, 2.05) is 12.2 Å². The Morgan fingerprint density at radius 3 is 0.805 bits per heavy atom. The molecule has 0 saturated carbocycles. The van der Waals surface area contributed by atoms with Crippen molar-refractivity contribution in [1.82, 2.24) is 0 Å². The van der Waals surface area contributed by atoms with Gasteiger partial charge in [0.25, 0.3) is 0 Å². The van der Waals surface area contributed by atoms with Crippen molar-refractivity contribution in [2.45, 2.75) is 341 Å². The van der Waals surface area contributed by atoms with Crippen LogP contribution in [0.2, 0.25) is 0 Å². The number of unbranched alkanes of at least 4 members (excludes halogenated alkanes) is 34. The number of carbonyl (C=O) groups excluding carboxylic acids is 3. The molecule has 0 N–H and O–H groups in total. The van der Waals surface area contributed by atoms with Crippen LogP contribution in [0.1, 0.15) is 335 Å². The van der Waals surface area contributed by atoms with Gasteiger partial charge < -0.3 is 14.2 Å².